The Balaban J connectivity index is 1.46. The fourth-order valence-corrected chi connectivity index (χ4v) is 3.74. The van der Waals surface area contributed by atoms with Crippen molar-refractivity contribution in [2.45, 2.75) is 39.8 Å². The Hall–Kier alpha value is -2.33. The summed E-state index contributed by atoms with van der Waals surface area (Å²) in [6.07, 6.45) is 0.987. The molecule has 138 valence electrons. The van der Waals surface area contributed by atoms with Gasteiger partial charge in [0.15, 0.2) is 6.61 Å². The van der Waals surface area contributed by atoms with Gasteiger partial charge in [-0.05, 0) is 43.9 Å². The molecular formula is C22H28N2O2. The van der Waals surface area contributed by atoms with E-state index in [4.69, 9.17) is 4.74 Å². The third-order valence-electron chi connectivity index (χ3n) is 4.84. The molecule has 3 rings (SSSR count). The van der Waals surface area contributed by atoms with Crippen LogP contribution in [0.15, 0.2) is 42.5 Å². The molecule has 0 saturated carbocycles. The van der Waals surface area contributed by atoms with Crippen molar-refractivity contribution >= 4 is 5.91 Å². The van der Waals surface area contributed by atoms with E-state index in [2.05, 4.69) is 53.5 Å². The van der Waals surface area contributed by atoms with E-state index in [0.717, 1.165) is 42.9 Å². The summed E-state index contributed by atoms with van der Waals surface area (Å²) in [7, 11) is 0. The zero-order valence-electron chi connectivity index (χ0n) is 15.9. The van der Waals surface area contributed by atoms with Gasteiger partial charge < -0.3 is 10.1 Å². The lowest BCUT2D eigenvalue weighted by Gasteiger charge is -2.17. The van der Waals surface area contributed by atoms with Crippen LogP contribution in [0.3, 0.4) is 0 Å². The van der Waals surface area contributed by atoms with E-state index in [9.17, 15) is 4.79 Å². The number of carbonyl (C=O) groups excluding carboxylic acids is 1. The molecule has 2 aromatic rings. The smallest absolute Gasteiger partial charge is 0.258 e. The maximum absolute atomic E-state index is 12.3. The van der Waals surface area contributed by atoms with Crippen LogP contribution >= 0.6 is 0 Å². The maximum atomic E-state index is 12.3. The second-order valence-corrected chi connectivity index (χ2v) is 7.29. The van der Waals surface area contributed by atoms with Gasteiger partial charge in [-0.1, -0.05) is 48.0 Å². The van der Waals surface area contributed by atoms with Crippen LogP contribution in [-0.2, 0) is 11.3 Å². The molecule has 1 heterocycles. The van der Waals surface area contributed by atoms with Crippen LogP contribution in [-0.4, -0.2) is 36.5 Å². The first-order valence-electron chi connectivity index (χ1n) is 9.27. The van der Waals surface area contributed by atoms with Gasteiger partial charge in [0.25, 0.3) is 5.91 Å². The predicted octanol–water partition coefficient (Wildman–Crippen LogP) is 3.38. The molecule has 0 aliphatic carbocycles. The van der Waals surface area contributed by atoms with Crippen molar-refractivity contribution in [2.24, 2.45) is 0 Å². The Morgan fingerprint density at radius 2 is 1.85 bits per heavy atom. The average Bonchev–Trinajstić information content (AvgIpc) is 3.01. The van der Waals surface area contributed by atoms with Gasteiger partial charge in [0.05, 0.1) is 0 Å². The van der Waals surface area contributed by atoms with Crippen LogP contribution in [0.25, 0.3) is 0 Å². The van der Waals surface area contributed by atoms with E-state index in [1.54, 1.807) is 0 Å². The first-order valence-corrected chi connectivity index (χ1v) is 9.27. The number of amides is 1. The summed E-state index contributed by atoms with van der Waals surface area (Å²) in [6, 6.07) is 14.8. The molecule has 4 heteroatoms. The van der Waals surface area contributed by atoms with Crippen molar-refractivity contribution in [3.05, 3.63) is 64.7 Å². The van der Waals surface area contributed by atoms with Gasteiger partial charge in [0.2, 0.25) is 0 Å². The molecule has 1 atom stereocenters. The topological polar surface area (TPSA) is 41.6 Å². The minimum atomic E-state index is -0.0454. The van der Waals surface area contributed by atoms with Crippen molar-refractivity contribution in [1.29, 1.82) is 0 Å². The summed E-state index contributed by atoms with van der Waals surface area (Å²) in [4.78, 5) is 14.7. The van der Waals surface area contributed by atoms with Gasteiger partial charge in [-0.3, -0.25) is 9.69 Å². The van der Waals surface area contributed by atoms with Crippen LogP contribution in [0.2, 0.25) is 0 Å². The lowest BCUT2D eigenvalue weighted by atomic mass is 10.1. The molecule has 0 radical (unpaired) electrons. The molecule has 1 N–H and O–H groups in total. The Morgan fingerprint density at radius 3 is 2.54 bits per heavy atom. The van der Waals surface area contributed by atoms with Crippen molar-refractivity contribution in [1.82, 2.24) is 10.2 Å². The van der Waals surface area contributed by atoms with Gasteiger partial charge in [-0.15, -0.1) is 0 Å². The monoisotopic (exact) mass is 352 g/mol. The molecule has 1 aliphatic rings. The lowest BCUT2D eigenvalue weighted by Crippen LogP contribution is -2.39. The number of aryl methyl sites for hydroxylation is 3. The summed E-state index contributed by atoms with van der Waals surface area (Å²) < 4.78 is 5.79. The molecule has 0 bridgehead atoms. The Labute approximate surface area is 156 Å². The quantitative estimate of drug-likeness (QED) is 0.866. The molecule has 1 unspecified atom stereocenters. The summed E-state index contributed by atoms with van der Waals surface area (Å²) in [5.41, 5.74) is 4.67. The van der Waals surface area contributed by atoms with E-state index < -0.39 is 0 Å². The highest BCUT2D eigenvalue weighted by Gasteiger charge is 2.24. The summed E-state index contributed by atoms with van der Waals surface area (Å²) in [6.45, 7) is 9.01. The number of hydrogen-bond acceptors (Lipinski definition) is 3. The van der Waals surface area contributed by atoms with Crippen molar-refractivity contribution in [3.8, 4) is 5.75 Å². The fourth-order valence-electron chi connectivity index (χ4n) is 3.74. The number of nitrogens with one attached hydrogen (secondary N) is 1. The first kappa shape index (κ1) is 18.5. The molecule has 26 heavy (non-hydrogen) atoms. The largest absolute Gasteiger partial charge is 0.483 e. The van der Waals surface area contributed by atoms with E-state index in [0.29, 0.717) is 0 Å². The van der Waals surface area contributed by atoms with Crippen LogP contribution < -0.4 is 10.1 Å². The number of likely N-dealkylation sites (tertiary alicyclic amines) is 1. The number of ether oxygens (including phenoxy) is 1. The summed E-state index contributed by atoms with van der Waals surface area (Å²) in [5, 5.41) is 3.11. The molecule has 0 spiro atoms. The lowest BCUT2D eigenvalue weighted by molar-refractivity contribution is -0.123. The minimum absolute atomic E-state index is 0.0454. The molecule has 1 saturated heterocycles. The number of benzene rings is 2. The van der Waals surface area contributed by atoms with E-state index in [1.165, 1.54) is 11.1 Å². The van der Waals surface area contributed by atoms with Gasteiger partial charge in [0.1, 0.15) is 5.75 Å². The predicted molar refractivity (Wildman–Crippen MR) is 104 cm³/mol. The molecule has 1 fully saturated rings. The highest BCUT2D eigenvalue weighted by atomic mass is 16.5. The second kappa shape index (κ2) is 8.37. The normalized spacial score (nSPS) is 17.3. The first-order chi connectivity index (χ1) is 12.5. The van der Waals surface area contributed by atoms with Crippen LogP contribution in [0.5, 0.6) is 5.75 Å². The Kier molecular flexibility index (Phi) is 5.94. The molecule has 4 nitrogen and oxygen atoms in total. The molecule has 1 aliphatic heterocycles. The zero-order chi connectivity index (χ0) is 18.5. The van der Waals surface area contributed by atoms with Crippen LogP contribution in [0.4, 0.5) is 0 Å². The summed E-state index contributed by atoms with van der Waals surface area (Å²) in [5.74, 6) is 0.777. The van der Waals surface area contributed by atoms with Gasteiger partial charge in [-0.2, -0.15) is 0 Å². The van der Waals surface area contributed by atoms with Gasteiger partial charge in [0, 0.05) is 25.7 Å². The minimum Gasteiger partial charge on any atom is -0.483 e. The van der Waals surface area contributed by atoms with Crippen molar-refractivity contribution < 1.29 is 9.53 Å². The van der Waals surface area contributed by atoms with Crippen molar-refractivity contribution in [2.75, 3.05) is 19.7 Å². The summed E-state index contributed by atoms with van der Waals surface area (Å²) >= 11 is 0. The van der Waals surface area contributed by atoms with Crippen LogP contribution in [0, 0.1) is 20.8 Å². The SMILES string of the molecule is Cc1cc(C)c(OCC(=O)NC2CCN(Cc3ccccc3)C2)c(C)c1. The number of hydrogen-bond donors (Lipinski definition) is 1. The average molecular weight is 352 g/mol. The number of rotatable bonds is 6. The zero-order valence-corrected chi connectivity index (χ0v) is 15.9. The fraction of sp³-hybridized carbons (Fsp3) is 0.409. The number of nitrogens with zero attached hydrogens (tertiary/aromatic N) is 1. The third kappa shape index (κ3) is 4.85. The van der Waals surface area contributed by atoms with Crippen LogP contribution in [0.1, 0.15) is 28.7 Å². The Morgan fingerprint density at radius 1 is 1.15 bits per heavy atom. The second-order valence-electron chi connectivity index (χ2n) is 7.29. The van der Waals surface area contributed by atoms with E-state index in [-0.39, 0.29) is 18.6 Å². The standard InChI is InChI=1S/C22H28N2O2/c1-16-11-17(2)22(18(3)12-16)26-15-21(25)23-20-9-10-24(14-20)13-19-7-5-4-6-8-19/h4-8,11-12,20H,9-10,13-15H2,1-3H3,(H,23,25). The highest BCUT2D eigenvalue weighted by Crippen LogP contribution is 2.24. The van der Waals surface area contributed by atoms with E-state index >= 15 is 0 Å². The van der Waals surface area contributed by atoms with Gasteiger partial charge >= 0.3 is 0 Å². The maximum Gasteiger partial charge on any atom is 0.258 e. The highest BCUT2D eigenvalue weighted by molar-refractivity contribution is 5.78. The molecular weight excluding hydrogens is 324 g/mol. The Bertz CT molecular complexity index is 735. The van der Waals surface area contributed by atoms with Crippen molar-refractivity contribution in [3.63, 3.8) is 0 Å². The molecule has 1 amide bonds. The molecule has 0 aromatic heterocycles. The van der Waals surface area contributed by atoms with E-state index in [1.807, 2.05) is 19.9 Å². The number of carbonyl (C=O) groups is 1. The third-order valence-corrected chi connectivity index (χ3v) is 4.84. The van der Waals surface area contributed by atoms with Gasteiger partial charge in [-0.25, -0.2) is 0 Å². The molecule has 2 aromatic carbocycles.